The van der Waals surface area contributed by atoms with Gasteiger partial charge in [-0.25, -0.2) is 13.6 Å². The third kappa shape index (κ3) is 4.35. The van der Waals surface area contributed by atoms with E-state index in [0.717, 1.165) is 18.9 Å². The van der Waals surface area contributed by atoms with Gasteiger partial charge in [0.15, 0.2) is 11.6 Å². The van der Waals surface area contributed by atoms with Crippen molar-refractivity contribution in [3.05, 3.63) is 45.3 Å². The quantitative estimate of drug-likeness (QED) is 0.558. The van der Waals surface area contributed by atoms with Crippen LogP contribution in [0.1, 0.15) is 42.1 Å². The molecule has 0 spiro atoms. The summed E-state index contributed by atoms with van der Waals surface area (Å²) in [7, 11) is 1.36. The van der Waals surface area contributed by atoms with Crippen LogP contribution in [-0.4, -0.2) is 54.8 Å². The zero-order valence-corrected chi connectivity index (χ0v) is 18.7. The monoisotopic (exact) mass is 476 g/mol. The number of ether oxygens (including phenoxy) is 1. The third-order valence-corrected chi connectivity index (χ3v) is 6.19. The molecule has 1 aliphatic carbocycles. The lowest BCUT2D eigenvalue weighted by molar-refractivity contribution is -0.119. The minimum Gasteiger partial charge on any atom is -0.492 e. The Balaban J connectivity index is 1.82. The van der Waals surface area contributed by atoms with Crippen molar-refractivity contribution in [3.8, 4) is 5.75 Å². The van der Waals surface area contributed by atoms with Crippen LogP contribution < -0.4 is 26.1 Å². The number of aromatic carboxylic acids is 1. The first-order chi connectivity index (χ1) is 16.3. The Morgan fingerprint density at radius 1 is 1.35 bits per heavy atom. The van der Waals surface area contributed by atoms with Crippen LogP contribution in [0.15, 0.2) is 28.5 Å². The first kappa shape index (κ1) is 23.7. The lowest BCUT2D eigenvalue weighted by Gasteiger charge is -2.33. The number of pyridine rings is 1. The van der Waals surface area contributed by atoms with Crippen molar-refractivity contribution in [1.82, 2.24) is 9.88 Å². The molecule has 0 unspecified atom stereocenters. The van der Waals surface area contributed by atoms with Gasteiger partial charge in [0.2, 0.25) is 11.3 Å². The van der Waals surface area contributed by atoms with Crippen LogP contribution in [0, 0.1) is 5.82 Å². The molecule has 2 aromatic rings. The summed E-state index contributed by atoms with van der Waals surface area (Å²) in [5.74, 6) is -3.02. The Hall–Kier alpha value is -3.47. The van der Waals surface area contributed by atoms with Crippen LogP contribution in [0.5, 0.6) is 5.75 Å². The number of carboxylic acid groups (broad SMARTS) is 1. The van der Waals surface area contributed by atoms with Crippen molar-refractivity contribution in [3.63, 3.8) is 0 Å². The summed E-state index contributed by atoms with van der Waals surface area (Å²) in [6.07, 6.45) is 3.87. The number of anilines is 1. The molecule has 34 heavy (non-hydrogen) atoms. The second-order valence-corrected chi connectivity index (χ2v) is 8.47. The maximum atomic E-state index is 15.4. The SMILES string of the molecule is COc1c(N2CCCC(=C(F)CNC(=O)CN)C2)c(F)cc2c(=O)c(C(=O)O)cn(C3CC3)c12. The molecule has 1 saturated carbocycles. The molecular formula is C23H26F2N4O5. The van der Waals surface area contributed by atoms with Gasteiger partial charge in [-0.2, -0.15) is 0 Å². The van der Waals surface area contributed by atoms with E-state index in [1.54, 1.807) is 9.47 Å². The number of carbonyl (C=O) groups excluding carboxylic acids is 1. The minimum absolute atomic E-state index is 0.0196. The molecule has 1 amide bonds. The Morgan fingerprint density at radius 2 is 2.09 bits per heavy atom. The molecule has 0 bridgehead atoms. The van der Waals surface area contributed by atoms with E-state index in [1.165, 1.54) is 13.3 Å². The van der Waals surface area contributed by atoms with Crippen molar-refractivity contribution in [2.24, 2.45) is 5.73 Å². The van der Waals surface area contributed by atoms with Gasteiger partial charge in [-0.1, -0.05) is 0 Å². The summed E-state index contributed by atoms with van der Waals surface area (Å²) in [6, 6.07) is 1.02. The number of carbonyl (C=O) groups is 2. The number of halogens is 2. The third-order valence-electron chi connectivity index (χ3n) is 6.19. The summed E-state index contributed by atoms with van der Waals surface area (Å²) < 4.78 is 37.4. The van der Waals surface area contributed by atoms with E-state index < -0.39 is 34.5 Å². The second kappa shape index (κ2) is 9.41. The standard InChI is InChI=1S/C23H26F2N4O5/c1-34-22-19-14(21(31)15(23(32)33)11-29(19)13-4-5-13)7-16(24)20(22)28-6-2-3-12(10-28)17(25)9-27-18(30)8-26/h7,11,13H,2-6,8-10,26H2,1H3,(H,27,30)(H,32,33). The second-order valence-electron chi connectivity index (χ2n) is 8.47. The molecule has 2 aliphatic rings. The van der Waals surface area contributed by atoms with Crippen LogP contribution in [0.4, 0.5) is 14.5 Å². The normalized spacial score (nSPS) is 17.6. The van der Waals surface area contributed by atoms with E-state index in [2.05, 4.69) is 5.32 Å². The summed E-state index contributed by atoms with van der Waals surface area (Å²) in [6.45, 7) is -0.0498. The van der Waals surface area contributed by atoms with E-state index in [-0.39, 0.29) is 42.5 Å². The molecule has 2 heterocycles. The number of nitrogens with zero attached hydrogens (tertiary/aromatic N) is 2. The van der Waals surface area contributed by atoms with Crippen molar-refractivity contribution >= 4 is 28.5 Å². The van der Waals surface area contributed by atoms with Crippen LogP contribution in [0.2, 0.25) is 0 Å². The molecular weight excluding hydrogens is 450 g/mol. The van der Waals surface area contributed by atoms with Gasteiger partial charge in [-0.05, 0) is 37.3 Å². The Kier molecular flexibility index (Phi) is 6.56. The zero-order chi connectivity index (χ0) is 24.6. The van der Waals surface area contributed by atoms with Crippen molar-refractivity contribution < 1.29 is 28.2 Å². The number of hydrogen-bond donors (Lipinski definition) is 3. The number of methoxy groups -OCH3 is 1. The first-order valence-corrected chi connectivity index (χ1v) is 11.0. The fourth-order valence-corrected chi connectivity index (χ4v) is 4.38. The highest BCUT2D eigenvalue weighted by molar-refractivity contribution is 5.97. The molecule has 0 atom stereocenters. The average molecular weight is 476 g/mol. The average Bonchev–Trinajstić information content (AvgIpc) is 3.67. The summed E-state index contributed by atoms with van der Waals surface area (Å²) in [5.41, 5.74) is 4.84. The Labute approximate surface area is 193 Å². The van der Waals surface area contributed by atoms with Crippen LogP contribution in [0.3, 0.4) is 0 Å². The molecule has 11 heteroatoms. The highest BCUT2D eigenvalue weighted by atomic mass is 19.1. The molecule has 4 N–H and O–H groups in total. The number of aromatic nitrogens is 1. The number of nitrogens with two attached hydrogens (primary N) is 1. The number of piperidine rings is 1. The summed E-state index contributed by atoms with van der Waals surface area (Å²) in [4.78, 5) is 37.4. The molecule has 1 aromatic heterocycles. The van der Waals surface area contributed by atoms with Crippen LogP contribution in [-0.2, 0) is 4.79 Å². The van der Waals surface area contributed by atoms with Crippen LogP contribution >= 0.6 is 0 Å². The summed E-state index contributed by atoms with van der Waals surface area (Å²) >= 11 is 0. The van der Waals surface area contributed by atoms with Crippen molar-refractivity contribution in [2.45, 2.75) is 31.7 Å². The Morgan fingerprint density at radius 3 is 2.71 bits per heavy atom. The number of benzene rings is 1. The smallest absolute Gasteiger partial charge is 0.341 e. The number of amides is 1. The van der Waals surface area contributed by atoms with Gasteiger partial charge in [0.25, 0.3) is 0 Å². The van der Waals surface area contributed by atoms with Gasteiger partial charge in [0, 0.05) is 25.3 Å². The molecule has 9 nitrogen and oxygen atoms in total. The number of carboxylic acids is 1. The molecule has 2 fully saturated rings. The fourth-order valence-electron chi connectivity index (χ4n) is 4.38. The number of fused-ring (bicyclic) bond motifs is 1. The van der Waals surface area contributed by atoms with Gasteiger partial charge in [-0.15, -0.1) is 0 Å². The maximum absolute atomic E-state index is 15.4. The molecule has 1 saturated heterocycles. The predicted octanol–water partition coefficient (Wildman–Crippen LogP) is 2.08. The van der Waals surface area contributed by atoms with Crippen molar-refractivity contribution in [2.75, 3.05) is 38.2 Å². The highest BCUT2D eigenvalue weighted by Crippen LogP contribution is 2.44. The van der Waals surface area contributed by atoms with E-state index in [1.807, 2.05) is 0 Å². The maximum Gasteiger partial charge on any atom is 0.341 e. The van der Waals surface area contributed by atoms with E-state index in [9.17, 15) is 23.9 Å². The minimum atomic E-state index is -1.38. The largest absolute Gasteiger partial charge is 0.492 e. The molecule has 1 aromatic carbocycles. The topological polar surface area (TPSA) is 127 Å². The molecule has 1 aliphatic heterocycles. The van der Waals surface area contributed by atoms with E-state index in [0.29, 0.717) is 30.5 Å². The lowest BCUT2D eigenvalue weighted by Crippen LogP contribution is -2.35. The van der Waals surface area contributed by atoms with Crippen LogP contribution in [0.25, 0.3) is 10.9 Å². The molecule has 182 valence electrons. The Bertz CT molecular complexity index is 1250. The van der Waals surface area contributed by atoms with Gasteiger partial charge in [0.05, 0.1) is 31.1 Å². The van der Waals surface area contributed by atoms with E-state index in [4.69, 9.17) is 10.5 Å². The van der Waals surface area contributed by atoms with Gasteiger partial charge < -0.3 is 30.4 Å². The van der Waals surface area contributed by atoms with E-state index >= 15 is 4.39 Å². The summed E-state index contributed by atoms with van der Waals surface area (Å²) in [5, 5.41) is 11.8. The lowest BCUT2D eigenvalue weighted by atomic mass is 10.0. The number of nitrogens with one attached hydrogen (secondary N) is 1. The number of hydrogen-bond acceptors (Lipinski definition) is 6. The zero-order valence-electron chi connectivity index (χ0n) is 18.7. The van der Waals surface area contributed by atoms with Crippen molar-refractivity contribution in [1.29, 1.82) is 0 Å². The number of rotatable bonds is 7. The van der Waals surface area contributed by atoms with Gasteiger partial charge in [-0.3, -0.25) is 9.59 Å². The fraction of sp³-hybridized carbons (Fsp3) is 0.435. The van der Waals surface area contributed by atoms with Gasteiger partial charge >= 0.3 is 5.97 Å². The molecule has 0 radical (unpaired) electrons. The first-order valence-electron chi connectivity index (χ1n) is 11.0. The van der Waals surface area contributed by atoms with Gasteiger partial charge in [0.1, 0.15) is 17.1 Å². The highest BCUT2D eigenvalue weighted by Gasteiger charge is 2.32. The molecule has 4 rings (SSSR count). The predicted molar refractivity (Wildman–Crippen MR) is 122 cm³/mol.